The lowest BCUT2D eigenvalue weighted by Crippen LogP contribution is -2.12. The number of phenols is 1. The van der Waals surface area contributed by atoms with Crippen LogP contribution in [0.3, 0.4) is 0 Å². The molecule has 5 nitrogen and oxygen atoms in total. The minimum atomic E-state index is 0.175. The minimum Gasteiger partial charge on any atom is -0.507 e. The molecule has 5 heteroatoms. The van der Waals surface area contributed by atoms with Crippen molar-refractivity contribution >= 4 is 0 Å². The second-order valence-electron chi connectivity index (χ2n) is 3.47. The van der Waals surface area contributed by atoms with E-state index in [2.05, 4.69) is 5.48 Å². The topological polar surface area (TPSA) is 60.0 Å². The van der Waals surface area contributed by atoms with E-state index < -0.39 is 0 Å². The van der Waals surface area contributed by atoms with Gasteiger partial charge in [0.15, 0.2) is 11.5 Å². The summed E-state index contributed by atoms with van der Waals surface area (Å²) in [6.45, 7) is 1.60. The minimum absolute atomic E-state index is 0.175. The van der Waals surface area contributed by atoms with Crippen molar-refractivity contribution in [2.45, 2.75) is 13.0 Å². The van der Waals surface area contributed by atoms with Crippen LogP contribution >= 0.6 is 0 Å². The summed E-state index contributed by atoms with van der Waals surface area (Å²) in [5, 5.41) is 9.75. The third-order valence-corrected chi connectivity index (χ3v) is 2.39. The Kier molecular flexibility index (Phi) is 3.48. The zero-order valence-electron chi connectivity index (χ0n) is 9.16. The molecule has 0 aliphatic carbocycles. The van der Waals surface area contributed by atoms with E-state index in [-0.39, 0.29) is 5.75 Å². The van der Waals surface area contributed by atoms with Crippen LogP contribution in [0.15, 0.2) is 12.1 Å². The second kappa shape index (κ2) is 5.05. The van der Waals surface area contributed by atoms with Gasteiger partial charge in [-0.2, -0.15) is 5.48 Å². The van der Waals surface area contributed by atoms with Gasteiger partial charge >= 0.3 is 0 Å². The number of fused-ring (bicyclic) bond motifs is 1. The lowest BCUT2D eigenvalue weighted by atomic mass is 10.1. The molecule has 0 bridgehead atoms. The number of hydroxylamine groups is 1. The average Bonchev–Trinajstić information content (AvgIpc) is 2.53. The van der Waals surface area contributed by atoms with Crippen LogP contribution in [0.25, 0.3) is 0 Å². The first kappa shape index (κ1) is 11.0. The molecule has 88 valence electrons. The highest BCUT2D eigenvalue weighted by atomic mass is 16.6. The normalized spacial score (nSPS) is 14.6. The van der Waals surface area contributed by atoms with Gasteiger partial charge in [-0.05, 0) is 12.1 Å². The molecule has 0 amide bonds. The lowest BCUT2D eigenvalue weighted by molar-refractivity contribution is 0.0853. The van der Waals surface area contributed by atoms with E-state index in [1.54, 1.807) is 12.1 Å². The van der Waals surface area contributed by atoms with Crippen molar-refractivity contribution in [3.8, 4) is 17.2 Å². The molecule has 2 N–H and O–H groups in total. The number of rotatable bonds is 3. The summed E-state index contributed by atoms with van der Waals surface area (Å²) >= 11 is 0. The van der Waals surface area contributed by atoms with Crippen LogP contribution in [-0.4, -0.2) is 25.4 Å². The summed E-state index contributed by atoms with van der Waals surface area (Å²) in [7, 11) is 1.52. The van der Waals surface area contributed by atoms with Crippen molar-refractivity contribution < 1.29 is 19.4 Å². The number of benzene rings is 1. The first-order valence-corrected chi connectivity index (χ1v) is 5.19. The van der Waals surface area contributed by atoms with Gasteiger partial charge in [-0.25, -0.2) is 0 Å². The molecular weight excluding hydrogens is 210 g/mol. The third kappa shape index (κ3) is 2.20. The molecule has 0 atom stereocenters. The summed E-state index contributed by atoms with van der Waals surface area (Å²) in [6, 6.07) is 3.31. The maximum atomic E-state index is 9.75. The van der Waals surface area contributed by atoms with Crippen LogP contribution in [0.2, 0.25) is 0 Å². The van der Waals surface area contributed by atoms with Gasteiger partial charge in [0.1, 0.15) is 5.75 Å². The van der Waals surface area contributed by atoms with Crippen molar-refractivity contribution in [1.29, 1.82) is 0 Å². The SMILES string of the molecule is CONCc1c(O)ccc2c1OCCCO2. The smallest absolute Gasteiger partial charge is 0.169 e. The van der Waals surface area contributed by atoms with Crippen molar-refractivity contribution in [1.82, 2.24) is 5.48 Å². The maximum Gasteiger partial charge on any atom is 0.169 e. The van der Waals surface area contributed by atoms with Crippen LogP contribution < -0.4 is 15.0 Å². The number of hydrogen-bond donors (Lipinski definition) is 2. The summed E-state index contributed by atoms with van der Waals surface area (Å²) < 4.78 is 11.1. The highest BCUT2D eigenvalue weighted by molar-refractivity contribution is 5.53. The standard InChI is InChI=1S/C11H15NO4/c1-14-12-7-8-9(13)3-4-10-11(8)16-6-2-5-15-10/h3-4,12-13H,2,5-7H2,1H3. The van der Waals surface area contributed by atoms with Gasteiger partial charge in [0.25, 0.3) is 0 Å². The Balaban J connectivity index is 2.32. The van der Waals surface area contributed by atoms with Gasteiger partial charge in [-0.3, -0.25) is 0 Å². The number of phenolic OH excluding ortho intramolecular Hbond substituents is 1. The summed E-state index contributed by atoms with van der Waals surface area (Å²) in [4.78, 5) is 4.77. The number of aromatic hydroxyl groups is 1. The van der Waals surface area contributed by atoms with Crippen molar-refractivity contribution in [3.63, 3.8) is 0 Å². The number of ether oxygens (including phenoxy) is 2. The summed E-state index contributed by atoms with van der Waals surface area (Å²) in [5.41, 5.74) is 3.33. The Morgan fingerprint density at radius 1 is 1.38 bits per heavy atom. The van der Waals surface area contributed by atoms with Crippen molar-refractivity contribution in [2.75, 3.05) is 20.3 Å². The van der Waals surface area contributed by atoms with Gasteiger partial charge in [0.2, 0.25) is 0 Å². The Labute approximate surface area is 93.9 Å². The number of nitrogens with one attached hydrogen (secondary N) is 1. The fraction of sp³-hybridized carbons (Fsp3) is 0.455. The monoisotopic (exact) mass is 225 g/mol. The molecule has 0 aromatic heterocycles. The molecule has 16 heavy (non-hydrogen) atoms. The van der Waals surface area contributed by atoms with Gasteiger partial charge in [0.05, 0.1) is 32.4 Å². The van der Waals surface area contributed by atoms with Crippen LogP contribution in [-0.2, 0) is 11.4 Å². The van der Waals surface area contributed by atoms with E-state index in [0.717, 1.165) is 6.42 Å². The third-order valence-electron chi connectivity index (χ3n) is 2.39. The van der Waals surface area contributed by atoms with E-state index in [0.29, 0.717) is 36.8 Å². The summed E-state index contributed by atoms with van der Waals surface area (Å²) in [6.07, 6.45) is 0.840. The highest BCUT2D eigenvalue weighted by Gasteiger charge is 2.17. The molecule has 0 spiro atoms. The van der Waals surface area contributed by atoms with E-state index in [4.69, 9.17) is 14.3 Å². The predicted octanol–water partition coefficient (Wildman–Crippen LogP) is 1.20. The number of hydrogen-bond acceptors (Lipinski definition) is 5. The molecular formula is C11H15NO4. The van der Waals surface area contributed by atoms with Crippen LogP contribution in [0, 0.1) is 0 Å². The molecule has 0 radical (unpaired) electrons. The Bertz CT molecular complexity index is 367. The average molecular weight is 225 g/mol. The van der Waals surface area contributed by atoms with Gasteiger partial charge in [0, 0.05) is 6.42 Å². The van der Waals surface area contributed by atoms with Crippen LogP contribution in [0.1, 0.15) is 12.0 Å². The van der Waals surface area contributed by atoms with E-state index >= 15 is 0 Å². The Morgan fingerprint density at radius 3 is 3.00 bits per heavy atom. The quantitative estimate of drug-likeness (QED) is 0.757. The molecule has 0 fully saturated rings. The van der Waals surface area contributed by atoms with E-state index in [9.17, 15) is 5.11 Å². The highest BCUT2D eigenvalue weighted by Crippen LogP contribution is 2.38. The van der Waals surface area contributed by atoms with Crippen LogP contribution in [0.4, 0.5) is 0 Å². The first-order chi connectivity index (χ1) is 7.83. The van der Waals surface area contributed by atoms with E-state index in [1.807, 2.05) is 0 Å². The molecule has 1 heterocycles. The molecule has 1 aliphatic rings. The molecule has 1 aromatic rings. The fourth-order valence-electron chi connectivity index (χ4n) is 1.60. The first-order valence-electron chi connectivity index (χ1n) is 5.19. The molecule has 1 aromatic carbocycles. The van der Waals surface area contributed by atoms with Crippen molar-refractivity contribution in [3.05, 3.63) is 17.7 Å². The van der Waals surface area contributed by atoms with Gasteiger partial charge in [-0.1, -0.05) is 0 Å². The molecule has 1 aliphatic heterocycles. The van der Waals surface area contributed by atoms with Crippen molar-refractivity contribution in [2.24, 2.45) is 0 Å². The molecule has 0 saturated carbocycles. The maximum absolute atomic E-state index is 9.75. The molecule has 0 saturated heterocycles. The van der Waals surface area contributed by atoms with Gasteiger partial charge in [-0.15, -0.1) is 0 Å². The zero-order chi connectivity index (χ0) is 11.4. The van der Waals surface area contributed by atoms with Crippen LogP contribution in [0.5, 0.6) is 17.2 Å². The predicted molar refractivity (Wildman–Crippen MR) is 57.6 cm³/mol. The van der Waals surface area contributed by atoms with Gasteiger partial charge < -0.3 is 19.4 Å². The molecule has 0 unspecified atom stereocenters. The fourth-order valence-corrected chi connectivity index (χ4v) is 1.60. The lowest BCUT2D eigenvalue weighted by Gasteiger charge is -2.13. The summed E-state index contributed by atoms with van der Waals surface area (Å²) in [5.74, 6) is 1.44. The zero-order valence-corrected chi connectivity index (χ0v) is 9.16. The molecule has 2 rings (SSSR count). The Hall–Kier alpha value is -1.46. The van der Waals surface area contributed by atoms with E-state index in [1.165, 1.54) is 7.11 Å². The second-order valence-corrected chi connectivity index (χ2v) is 3.47. The Morgan fingerprint density at radius 2 is 2.19 bits per heavy atom. The largest absolute Gasteiger partial charge is 0.507 e.